The highest BCUT2D eigenvalue weighted by Gasteiger charge is 2.21. The lowest BCUT2D eigenvalue weighted by molar-refractivity contribution is 0.583. The van der Waals surface area contributed by atoms with Crippen molar-refractivity contribution in [1.82, 2.24) is 4.98 Å². The number of aryl methyl sites for hydroxylation is 3. The molecule has 1 aromatic heterocycles. The molecular weight excluding hydrogens is 244 g/mol. The molecule has 0 radical (unpaired) electrons. The Hall–Kier alpha value is -1.83. The van der Waals surface area contributed by atoms with Crippen LogP contribution in [0.3, 0.4) is 0 Å². The maximum Gasteiger partial charge on any atom is 0.0688 e. The third-order valence-electron chi connectivity index (χ3n) is 4.63. The maximum atomic E-state index is 4.61. The molecule has 0 amide bonds. The van der Waals surface area contributed by atoms with E-state index in [-0.39, 0.29) is 0 Å². The molecule has 0 spiro atoms. The molecule has 4 rings (SSSR count). The first-order chi connectivity index (χ1) is 9.90. The third-order valence-corrected chi connectivity index (χ3v) is 4.63. The monoisotopic (exact) mass is 264 g/mol. The van der Waals surface area contributed by atoms with Gasteiger partial charge < -0.3 is 5.32 Å². The van der Waals surface area contributed by atoms with Crippen molar-refractivity contribution >= 4 is 5.69 Å². The van der Waals surface area contributed by atoms with E-state index in [9.17, 15) is 0 Å². The molecule has 2 nitrogen and oxygen atoms in total. The summed E-state index contributed by atoms with van der Waals surface area (Å²) in [4.78, 5) is 4.61. The number of rotatable bonds is 2. The van der Waals surface area contributed by atoms with E-state index >= 15 is 0 Å². The lowest BCUT2D eigenvalue weighted by atomic mass is 9.91. The fraction of sp³-hybridized carbons (Fsp3) is 0.389. The minimum atomic E-state index is 0.374. The first-order valence-electron chi connectivity index (χ1n) is 7.72. The summed E-state index contributed by atoms with van der Waals surface area (Å²) in [7, 11) is 0. The lowest BCUT2D eigenvalue weighted by Crippen LogP contribution is -2.18. The summed E-state index contributed by atoms with van der Waals surface area (Å²) >= 11 is 0. The van der Waals surface area contributed by atoms with Gasteiger partial charge in [-0.3, -0.25) is 4.98 Å². The number of fused-ring (bicyclic) bond motifs is 2. The van der Waals surface area contributed by atoms with Gasteiger partial charge in [0.25, 0.3) is 0 Å². The van der Waals surface area contributed by atoms with Gasteiger partial charge in [-0.2, -0.15) is 0 Å². The van der Waals surface area contributed by atoms with Crippen LogP contribution >= 0.6 is 0 Å². The van der Waals surface area contributed by atoms with Gasteiger partial charge in [0.1, 0.15) is 0 Å². The normalized spacial score (nSPS) is 20.3. The molecule has 0 bridgehead atoms. The second-order valence-corrected chi connectivity index (χ2v) is 5.97. The summed E-state index contributed by atoms with van der Waals surface area (Å²) < 4.78 is 0. The Balaban J connectivity index is 1.61. The van der Waals surface area contributed by atoms with Crippen molar-refractivity contribution in [2.45, 2.75) is 44.6 Å². The SMILES string of the molecule is c1cnc2c(c1)CCCC2Nc1ccc2c(c1)CCC2. The molecule has 102 valence electrons. The zero-order chi connectivity index (χ0) is 13.4. The van der Waals surface area contributed by atoms with Gasteiger partial charge in [-0.15, -0.1) is 0 Å². The van der Waals surface area contributed by atoms with Crippen LogP contribution in [-0.2, 0) is 19.3 Å². The van der Waals surface area contributed by atoms with Gasteiger partial charge in [0.2, 0.25) is 0 Å². The van der Waals surface area contributed by atoms with E-state index in [1.165, 1.54) is 66.6 Å². The first-order valence-corrected chi connectivity index (χ1v) is 7.72. The molecule has 1 unspecified atom stereocenters. The van der Waals surface area contributed by atoms with Crippen LogP contribution in [0.25, 0.3) is 0 Å². The molecule has 20 heavy (non-hydrogen) atoms. The van der Waals surface area contributed by atoms with Crippen LogP contribution in [0.1, 0.15) is 47.7 Å². The van der Waals surface area contributed by atoms with Gasteiger partial charge in [-0.1, -0.05) is 12.1 Å². The minimum absolute atomic E-state index is 0.374. The molecule has 1 N–H and O–H groups in total. The Labute approximate surface area is 120 Å². The van der Waals surface area contributed by atoms with Gasteiger partial charge in [0, 0.05) is 11.9 Å². The molecule has 1 atom stereocenters. The van der Waals surface area contributed by atoms with E-state index in [4.69, 9.17) is 0 Å². The molecule has 2 aromatic rings. The number of anilines is 1. The highest BCUT2D eigenvalue weighted by Crippen LogP contribution is 2.32. The fourth-order valence-electron chi connectivity index (χ4n) is 3.61. The van der Waals surface area contributed by atoms with Crippen LogP contribution in [0.15, 0.2) is 36.5 Å². The van der Waals surface area contributed by atoms with Crippen molar-refractivity contribution < 1.29 is 0 Å². The van der Waals surface area contributed by atoms with Crippen LogP contribution in [0.5, 0.6) is 0 Å². The Morgan fingerprint density at radius 3 is 2.85 bits per heavy atom. The Morgan fingerprint density at radius 1 is 0.950 bits per heavy atom. The number of pyridine rings is 1. The molecule has 2 aliphatic carbocycles. The van der Waals surface area contributed by atoms with Crippen molar-refractivity contribution in [2.75, 3.05) is 5.32 Å². The zero-order valence-electron chi connectivity index (χ0n) is 11.7. The predicted octanol–water partition coefficient (Wildman–Crippen LogP) is 4.06. The highest BCUT2D eigenvalue weighted by molar-refractivity contribution is 5.51. The predicted molar refractivity (Wildman–Crippen MR) is 82.0 cm³/mol. The number of aromatic nitrogens is 1. The van der Waals surface area contributed by atoms with Gasteiger partial charge in [0.05, 0.1) is 11.7 Å². The average Bonchev–Trinajstić information content (AvgIpc) is 2.95. The van der Waals surface area contributed by atoms with Crippen molar-refractivity contribution in [2.24, 2.45) is 0 Å². The molecule has 0 aliphatic heterocycles. The van der Waals surface area contributed by atoms with Gasteiger partial charge >= 0.3 is 0 Å². The second kappa shape index (κ2) is 4.93. The lowest BCUT2D eigenvalue weighted by Gasteiger charge is -2.26. The van der Waals surface area contributed by atoms with E-state index in [1.807, 2.05) is 6.20 Å². The van der Waals surface area contributed by atoms with E-state index < -0.39 is 0 Å². The van der Waals surface area contributed by atoms with Gasteiger partial charge in [-0.05, 0) is 73.4 Å². The van der Waals surface area contributed by atoms with Crippen molar-refractivity contribution in [1.29, 1.82) is 0 Å². The minimum Gasteiger partial charge on any atom is -0.377 e. The van der Waals surface area contributed by atoms with Crippen molar-refractivity contribution in [3.63, 3.8) is 0 Å². The topological polar surface area (TPSA) is 24.9 Å². The maximum absolute atomic E-state index is 4.61. The second-order valence-electron chi connectivity index (χ2n) is 5.97. The standard InChI is InChI=1S/C18H20N2/c1-4-13-9-10-16(12-15(13)6-1)20-17-8-2-5-14-7-3-11-19-18(14)17/h3,7,9-12,17,20H,1-2,4-6,8H2. The number of hydrogen-bond donors (Lipinski definition) is 1. The molecule has 0 fully saturated rings. The summed E-state index contributed by atoms with van der Waals surface area (Å²) in [6, 6.07) is 11.5. The summed E-state index contributed by atoms with van der Waals surface area (Å²) in [5, 5.41) is 3.70. The average molecular weight is 264 g/mol. The third kappa shape index (κ3) is 2.09. The summed E-state index contributed by atoms with van der Waals surface area (Å²) in [6.45, 7) is 0. The van der Waals surface area contributed by atoms with Crippen LogP contribution < -0.4 is 5.32 Å². The Morgan fingerprint density at radius 2 is 1.85 bits per heavy atom. The van der Waals surface area contributed by atoms with Crippen LogP contribution in [0.4, 0.5) is 5.69 Å². The smallest absolute Gasteiger partial charge is 0.0688 e. The van der Waals surface area contributed by atoms with Gasteiger partial charge in [0.15, 0.2) is 0 Å². The molecule has 2 heteroatoms. The zero-order valence-corrected chi connectivity index (χ0v) is 11.7. The number of nitrogens with zero attached hydrogens (tertiary/aromatic N) is 1. The van der Waals surface area contributed by atoms with E-state index in [1.54, 1.807) is 0 Å². The van der Waals surface area contributed by atoms with Crippen molar-refractivity contribution in [3.8, 4) is 0 Å². The van der Waals surface area contributed by atoms with Gasteiger partial charge in [-0.25, -0.2) is 0 Å². The van der Waals surface area contributed by atoms with E-state index in [0.29, 0.717) is 6.04 Å². The molecule has 0 saturated heterocycles. The quantitative estimate of drug-likeness (QED) is 0.884. The molecule has 0 saturated carbocycles. The molecule has 1 heterocycles. The van der Waals surface area contributed by atoms with Crippen LogP contribution in [0.2, 0.25) is 0 Å². The summed E-state index contributed by atoms with van der Waals surface area (Å²) in [6.07, 6.45) is 9.33. The highest BCUT2D eigenvalue weighted by atomic mass is 14.9. The Bertz CT molecular complexity index is 633. The number of benzene rings is 1. The van der Waals surface area contributed by atoms with Crippen LogP contribution in [-0.4, -0.2) is 4.98 Å². The molecular formula is C18H20N2. The summed E-state index contributed by atoms with van der Waals surface area (Å²) in [5.41, 5.74) is 7.00. The van der Waals surface area contributed by atoms with Crippen molar-refractivity contribution in [3.05, 3.63) is 58.9 Å². The molecule has 2 aliphatic rings. The fourth-order valence-corrected chi connectivity index (χ4v) is 3.61. The number of nitrogens with one attached hydrogen (secondary N) is 1. The van der Waals surface area contributed by atoms with Crippen LogP contribution in [0, 0.1) is 0 Å². The first kappa shape index (κ1) is 12.0. The largest absolute Gasteiger partial charge is 0.377 e. The Kier molecular flexibility index (Phi) is 2.95. The van der Waals surface area contributed by atoms with E-state index in [2.05, 4.69) is 40.6 Å². The molecule has 1 aromatic carbocycles. The number of hydrogen-bond acceptors (Lipinski definition) is 2. The summed E-state index contributed by atoms with van der Waals surface area (Å²) in [5.74, 6) is 0. The van der Waals surface area contributed by atoms with E-state index in [0.717, 1.165) is 0 Å².